The molecule has 1 atom stereocenters. The van der Waals surface area contributed by atoms with Crippen molar-refractivity contribution in [2.75, 3.05) is 0 Å². The van der Waals surface area contributed by atoms with Crippen LogP contribution in [0.3, 0.4) is 0 Å². The molecule has 0 aliphatic rings. The van der Waals surface area contributed by atoms with Crippen molar-refractivity contribution in [3.8, 4) is 0 Å². The lowest BCUT2D eigenvalue weighted by molar-refractivity contribution is 0.223. The van der Waals surface area contributed by atoms with Gasteiger partial charge in [0.1, 0.15) is 0 Å². The van der Waals surface area contributed by atoms with Gasteiger partial charge < -0.3 is 0 Å². The van der Waals surface area contributed by atoms with Crippen LogP contribution in [0.4, 0.5) is 0 Å². The quantitative estimate of drug-likeness (QED) is 0.531. The smallest absolute Gasteiger partial charge is 0.0260 e. The Balaban J connectivity index is 1.75. The summed E-state index contributed by atoms with van der Waals surface area (Å²) in [5.74, 6) is 0. The molecule has 25 heavy (non-hydrogen) atoms. The van der Waals surface area contributed by atoms with Gasteiger partial charge in [-0.2, -0.15) is 0 Å². The highest BCUT2D eigenvalue weighted by Gasteiger charge is 2.12. The van der Waals surface area contributed by atoms with Gasteiger partial charge in [-0.15, -0.1) is 0 Å². The SMILES string of the molecule is C[C@@H](/C=C/c1ccccc1)N(Cc1ccccc1)Cc1ccccc1. The highest BCUT2D eigenvalue weighted by atomic mass is 15.1. The molecule has 1 nitrogen and oxygen atoms in total. The van der Waals surface area contributed by atoms with Crippen molar-refractivity contribution >= 4 is 6.08 Å². The first kappa shape index (κ1) is 17.2. The summed E-state index contributed by atoms with van der Waals surface area (Å²) >= 11 is 0. The average molecular weight is 327 g/mol. The maximum atomic E-state index is 2.50. The molecule has 0 amide bonds. The summed E-state index contributed by atoms with van der Waals surface area (Å²) in [5, 5.41) is 0. The van der Waals surface area contributed by atoms with E-state index in [4.69, 9.17) is 0 Å². The number of rotatable bonds is 7. The van der Waals surface area contributed by atoms with Crippen molar-refractivity contribution in [1.29, 1.82) is 0 Å². The zero-order chi connectivity index (χ0) is 17.3. The molecule has 0 aromatic heterocycles. The molecule has 0 unspecified atom stereocenters. The van der Waals surface area contributed by atoms with Gasteiger partial charge in [0, 0.05) is 19.1 Å². The van der Waals surface area contributed by atoms with E-state index >= 15 is 0 Å². The predicted octanol–water partition coefficient (Wildman–Crippen LogP) is 5.79. The van der Waals surface area contributed by atoms with E-state index in [1.165, 1.54) is 16.7 Å². The fourth-order valence-electron chi connectivity index (χ4n) is 2.92. The topological polar surface area (TPSA) is 3.24 Å². The molecule has 0 bridgehead atoms. The Kier molecular flexibility index (Phi) is 6.19. The van der Waals surface area contributed by atoms with E-state index in [0.717, 1.165) is 13.1 Å². The Morgan fingerprint density at radius 1 is 0.680 bits per heavy atom. The van der Waals surface area contributed by atoms with Crippen molar-refractivity contribution in [3.63, 3.8) is 0 Å². The molecule has 0 aliphatic heterocycles. The van der Waals surface area contributed by atoms with Crippen LogP contribution >= 0.6 is 0 Å². The maximum absolute atomic E-state index is 2.50. The normalized spacial score (nSPS) is 12.6. The van der Waals surface area contributed by atoms with E-state index in [-0.39, 0.29) is 0 Å². The highest BCUT2D eigenvalue weighted by Crippen LogP contribution is 2.15. The molecule has 0 heterocycles. The van der Waals surface area contributed by atoms with Gasteiger partial charge in [-0.05, 0) is 23.6 Å². The first-order chi connectivity index (χ1) is 12.3. The minimum Gasteiger partial charge on any atom is -0.289 e. The Labute approximate surface area is 151 Å². The fourth-order valence-corrected chi connectivity index (χ4v) is 2.92. The number of nitrogens with zero attached hydrogens (tertiary/aromatic N) is 1. The van der Waals surface area contributed by atoms with E-state index in [0.29, 0.717) is 6.04 Å². The van der Waals surface area contributed by atoms with E-state index in [1.807, 2.05) is 0 Å². The third-order valence-electron chi connectivity index (χ3n) is 4.40. The molecule has 0 radical (unpaired) electrons. The standard InChI is InChI=1S/C24H25N/c1-21(17-18-22-11-5-2-6-12-22)25(19-23-13-7-3-8-14-23)20-24-15-9-4-10-16-24/h2-18,21H,19-20H2,1H3/b18-17+/t21-/m0/s1. The zero-order valence-electron chi connectivity index (χ0n) is 14.8. The average Bonchev–Trinajstić information content (AvgIpc) is 2.68. The van der Waals surface area contributed by atoms with Gasteiger partial charge in [0.2, 0.25) is 0 Å². The van der Waals surface area contributed by atoms with E-state index < -0.39 is 0 Å². The molecule has 126 valence electrons. The van der Waals surface area contributed by atoms with Crippen LogP contribution < -0.4 is 0 Å². The molecule has 1 heteroatoms. The summed E-state index contributed by atoms with van der Waals surface area (Å²) < 4.78 is 0. The Bertz CT molecular complexity index is 721. The first-order valence-electron chi connectivity index (χ1n) is 8.86. The van der Waals surface area contributed by atoms with Gasteiger partial charge in [0.05, 0.1) is 0 Å². The van der Waals surface area contributed by atoms with Crippen LogP contribution in [-0.4, -0.2) is 10.9 Å². The second-order valence-corrected chi connectivity index (χ2v) is 6.39. The summed E-state index contributed by atoms with van der Waals surface area (Å²) in [7, 11) is 0. The van der Waals surface area contributed by atoms with Crippen molar-refractivity contribution in [2.24, 2.45) is 0 Å². The third-order valence-corrected chi connectivity index (χ3v) is 4.40. The molecule has 3 aromatic carbocycles. The van der Waals surface area contributed by atoms with Crippen molar-refractivity contribution in [2.45, 2.75) is 26.1 Å². The Morgan fingerprint density at radius 2 is 1.12 bits per heavy atom. The highest BCUT2D eigenvalue weighted by molar-refractivity contribution is 5.49. The summed E-state index contributed by atoms with van der Waals surface area (Å²) in [6.07, 6.45) is 4.51. The summed E-state index contributed by atoms with van der Waals surface area (Å²) in [4.78, 5) is 2.50. The lowest BCUT2D eigenvalue weighted by atomic mass is 10.1. The minimum atomic E-state index is 0.348. The third kappa shape index (κ3) is 5.44. The number of hydrogen-bond donors (Lipinski definition) is 0. The molecule has 3 rings (SSSR count). The van der Waals surface area contributed by atoms with Crippen molar-refractivity contribution in [3.05, 3.63) is 114 Å². The lowest BCUT2D eigenvalue weighted by Crippen LogP contribution is -2.30. The summed E-state index contributed by atoms with van der Waals surface area (Å²) in [6, 6.07) is 32.2. The van der Waals surface area contributed by atoms with Gasteiger partial charge in [-0.1, -0.05) is 103 Å². The number of hydrogen-bond acceptors (Lipinski definition) is 1. The van der Waals surface area contributed by atoms with Gasteiger partial charge in [0.15, 0.2) is 0 Å². The van der Waals surface area contributed by atoms with Crippen LogP contribution in [0.15, 0.2) is 97.1 Å². The van der Waals surface area contributed by atoms with Gasteiger partial charge in [-0.25, -0.2) is 0 Å². The zero-order valence-corrected chi connectivity index (χ0v) is 14.8. The monoisotopic (exact) mass is 327 g/mol. The van der Waals surface area contributed by atoms with Gasteiger partial charge >= 0.3 is 0 Å². The molecule has 0 spiro atoms. The lowest BCUT2D eigenvalue weighted by Gasteiger charge is -2.27. The molecule has 0 aliphatic carbocycles. The first-order valence-corrected chi connectivity index (χ1v) is 8.86. The second-order valence-electron chi connectivity index (χ2n) is 6.39. The maximum Gasteiger partial charge on any atom is 0.0260 e. The van der Waals surface area contributed by atoms with Crippen molar-refractivity contribution < 1.29 is 0 Å². The van der Waals surface area contributed by atoms with Crippen LogP contribution in [0, 0.1) is 0 Å². The van der Waals surface area contributed by atoms with Crippen LogP contribution in [0.5, 0.6) is 0 Å². The molecular formula is C24H25N. The summed E-state index contributed by atoms with van der Waals surface area (Å²) in [6.45, 7) is 4.15. The minimum absolute atomic E-state index is 0.348. The van der Waals surface area contributed by atoms with E-state index in [9.17, 15) is 0 Å². The molecular weight excluding hydrogens is 302 g/mol. The summed E-state index contributed by atoms with van der Waals surface area (Å²) in [5.41, 5.74) is 3.94. The van der Waals surface area contributed by atoms with E-state index in [2.05, 4.69) is 115 Å². The Morgan fingerprint density at radius 3 is 1.60 bits per heavy atom. The second kappa shape index (κ2) is 9.00. The van der Waals surface area contributed by atoms with Crippen LogP contribution in [-0.2, 0) is 13.1 Å². The van der Waals surface area contributed by atoms with Gasteiger partial charge in [0.25, 0.3) is 0 Å². The molecule has 0 N–H and O–H groups in total. The fraction of sp³-hybridized carbons (Fsp3) is 0.167. The van der Waals surface area contributed by atoms with Crippen molar-refractivity contribution in [1.82, 2.24) is 4.90 Å². The van der Waals surface area contributed by atoms with Crippen LogP contribution in [0.25, 0.3) is 6.08 Å². The molecule has 0 saturated carbocycles. The van der Waals surface area contributed by atoms with Crippen LogP contribution in [0.2, 0.25) is 0 Å². The van der Waals surface area contributed by atoms with E-state index in [1.54, 1.807) is 0 Å². The van der Waals surface area contributed by atoms with Crippen LogP contribution in [0.1, 0.15) is 23.6 Å². The van der Waals surface area contributed by atoms with Gasteiger partial charge in [-0.3, -0.25) is 4.90 Å². The molecule has 0 saturated heterocycles. The largest absolute Gasteiger partial charge is 0.289 e. The molecule has 3 aromatic rings. The number of benzene rings is 3. The predicted molar refractivity (Wildman–Crippen MR) is 107 cm³/mol. The Hall–Kier alpha value is -2.64. The molecule has 0 fully saturated rings.